The largest absolute Gasteiger partial charge is 0.454 e. The number of aryl methyl sites for hydroxylation is 2. The summed E-state index contributed by atoms with van der Waals surface area (Å²) in [5.74, 6) is 1.17. The van der Waals surface area contributed by atoms with Gasteiger partial charge in [0.25, 0.3) is 5.56 Å². The van der Waals surface area contributed by atoms with Crippen LogP contribution in [-0.2, 0) is 11.3 Å². The summed E-state index contributed by atoms with van der Waals surface area (Å²) in [7, 11) is 0. The van der Waals surface area contributed by atoms with Gasteiger partial charge in [0.05, 0.1) is 12.3 Å². The minimum absolute atomic E-state index is 0.0757. The number of nitrogens with zero attached hydrogens (tertiary/aromatic N) is 4. The molecule has 1 N–H and O–H groups in total. The van der Waals surface area contributed by atoms with Crippen LogP contribution in [0.3, 0.4) is 0 Å². The van der Waals surface area contributed by atoms with Crippen LogP contribution in [0.2, 0.25) is 0 Å². The van der Waals surface area contributed by atoms with E-state index in [2.05, 4.69) is 20.3 Å². The summed E-state index contributed by atoms with van der Waals surface area (Å²) in [4.78, 5) is 38.8. The molecule has 172 valence electrons. The summed E-state index contributed by atoms with van der Waals surface area (Å²) in [6.07, 6.45) is 2.94. The number of carbonyl (C=O) groups excluding carboxylic acids is 1. The molecule has 0 bridgehead atoms. The molecule has 34 heavy (non-hydrogen) atoms. The molecular formula is C24H21N5O4S. The molecule has 4 aromatic rings. The molecule has 0 aliphatic carbocycles. The normalized spacial score (nSPS) is 12.2. The van der Waals surface area contributed by atoms with E-state index in [-0.39, 0.29) is 41.7 Å². The Kier molecular flexibility index (Phi) is 5.89. The fourth-order valence-electron chi connectivity index (χ4n) is 3.77. The average molecular weight is 476 g/mol. The molecule has 0 saturated heterocycles. The van der Waals surface area contributed by atoms with E-state index in [1.165, 1.54) is 28.7 Å². The van der Waals surface area contributed by atoms with Crippen molar-refractivity contribution in [2.45, 2.75) is 25.5 Å². The van der Waals surface area contributed by atoms with Gasteiger partial charge < -0.3 is 14.8 Å². The lowest BCUT2D eigenvalue weighted by Crippen LogP contribution is -2.25. The Morgan fingerprint density at radius 2 is 1.82 bits per heavy atom. The zero-order valence-electron chi connectivity index (χ0n) is 18.6. The summed E-state index contributed by atoms with van der Waals surface area (Å²) < 4.78 is 12.3. The first-order valence-electron chi connectivity index (χ1n) is 10.6. The first-order chi connectivity index (χ1) is 16.5. The van der Waals surface area contributed by atoms with Gasteiger partial charge in [-0.15, -0.1) is 0 Å². The molecule has 0 unspecified atom stereocenters. The molecule has 5 rings (SSSR count). The smallest absolute Gasteiger partial charge is 0.282 e. The molecule has 1 amide bonds. The molecule has 2 aromatic heterocycles. The van der Waals surface area contributed by atoms with Crippen LogP contribution in [0.4, 0.5) is 5.69 Å². The Balaban J connectivity index is 1.42. The fourth-order valence-corrected chi connectivity index (χ4v) is 4.56. The summed E-state index contributed by atoms with van der Waals surface area (Å²) in [6, 6.07) is 11.4. The van der Waals surface area contributed by atoms with E-state index in [1.54, 1.807) is 6.07 Å². The molecule has 10 heteroatoms. The van der Waals surface area contributed by atoms with E-state index in [0.29, 0.717) is 16.7 Å². The third kappa shape index (κ3) is 4.58. The highest BCUT2D eigenvalue weighted by atomic mass is 32.2. The van der Waals surface area contributed by atoms with Gasteiger partial charge in [-0.05, 0) is 54.8 Å². The number of ether oxygens (including phenoxy) is 2. The van der Waals surface area contributed by atoms with Crippen LogP contribution in [0.15, 0.2) is 58.7 Å². The first kappa shape index (κ1) is 21.9. The van der Waals surface area contributed by atoms with E-state index in [0.717, 1.165) is 22.4 Å². The van der Waals surface area contributed by atoms with Crippen LogP contribution in [0.25, 0.3) is 11.2 Å². The van der Waals surface area contributed by atoms with Crippen molar-refractivity contribution in [2.75, 3.05) is 17.9 Å². The SMILES string of the molecule is Cc1cc(C)cc(NC(=O)CSc2nc3nccnc3c(=O)n2Cc2ccc3c(c2)OCO3)c1. The number of carbonyl (C=O) groups is 1. The second kappa shape index (κ2) is 9.14. The summed E-state index contributed by atoms with van der Waals surface area (Å²) in [5.41, 5.74) is 3.79. The number of hydrogen-bond acceptors (Lipinski definition) is 8. The van der Waals surface area contributed by atoms with Crippen molar-refractivity contribution in [1.29, 1.82) is 0 Å². The van der Waals surface area contributed by atoms with Gasteiger partial charge in [-0.2, -0.15) is 0 Å². The molecule has 2 aromatic carbocycles. The van der Waals surface area contributed by atoms with E-state index in [1.807, 2.05) is 44.2 Å². The van der Waals surface area contributed by atoms with Crippen LogP contribution < -0.4 is 20.3 Å². The lowest BCUT2D eigenvalue weighted by Gasteiger charge is -2.13. The highest BCUT2D eigenvalue weighted by molar-refractivity contribution is 7.99. The van der Waals surface area contributed by atoms with Gasteiger partial charge in [-0.3, -0.25) is 14.2 Å². The molecule has 0 spiro atoms. The number of hydrogen-bond donors (Lipinski definition) is 1. The minimum atomic E-state index is -0.326. The van der Waals surface area contributed by atoms with Gasteiger partial charge in [0.1, 0.15) is 0 Å². The van der Waals surface area contributed by atoms with E-state index >= 15 is 0 Å². The van der Waals surface area contributed by atoms with Gasteiger partial charge in [0.15, 0.2) is 27.8 Å². The number of anilines is 1. The standard InChI is InChI=1S/C24H21N5O4S/c1-14-7-15(2)9-17(8-14)27-20(30)12-34-24-28-22-21(25-5-6-26-22)23(31)29(24)11-16-3-4-18-19(10-16)33-13-32-18/h3-10H,11-13H2,1-2H3,(H,27,30). The Morgan fingerprint density at radius 1 is 1.06 bits per heavy atom. The number of rotatable bonds is 6. The highest BCUT2D eigenvalue weighted by Gasteiger charge is 2.18. The predicted molar refractivity (Wildman–Crippen MR) is 129 cm³/mol. The second-order valence-corrected chi connectivity index (χ2v) is 8.86. The molecule has 9 nitrogen and oxygen atoms in total. The number of amides is 1. The summed E-state index contributed by atoms with van der Waals surface area (Å²) >= 11 is 1.17. The van der Waals surface area contributed by atoms with Crippen molar-refractivity contribution < 1.29 is 14.3 Å². The average Bonchev–Trinajstić information content (AvgIpc) is 3.27. The van der Waals surface area contributed by atoms with Gasteiger partial charge in [0, 0.05) is 18.1 Å². The fraction of sp³-hybridized carbons (Fsp3) is 0.208. The maximum Gasteiger partial charge on any atom is 0.282 e. The van der Waals surface area contributed by atoms with Gasteiger partial charge >= 0.3 is 0 Å². The highest BCUT2D eigenvalue weighted by Crippen LogP contribution is 2.33. The second-order valence-electron chi connectivity index (χ2n) is 7.92. The van der Waals surface area contributed by atoms with Crippen LogP contribution in [0.5, 0.6) is 11.5 Å². The van der Waals surface area contributed by atoms with Gasteiger partial charge in [0.2, 0.25) is 12.7 Å². The van der Waals surface area contributed by atoms with Crippen molar-refractivity contribution >= 4 is 34.5 Å². The molecule has 1 aliphatic heterocycles. The maximum absolute atomic E-state index is 13.2. The van der Waals surface area contributed by atoms with Crippen molar-refractivity contribution in [3.8, 4) is 11.5 Å². The monoisotopic (exact) mass is 475 g/mol. The lowest BCUT2D eigenvalue weighted by molar-refractivity contribution is -0.113. The first-order valence-corrected chi connectivity index (χ1v) is 11.6. The van der Waals surface area contributed by atoms with Crippen molar-refractivity contribution in [1.82, 2.24) is 19.5 Å². The van der Waals surface area contributed by atoms with E-state index in [4.69, 9.17) is 9.47 Å². The zero-order chi connectivity index (χ0) is 23.7. The predicted octanol–water partition coefficient (Wildman–Crippen LogP) is 3.31. The number of benzene rings is 2. The Hall–Kier alpha value is -3.92. The Morgan fingerprint density at radius 3 is 2.65 bits per heavy atom. The molecule has 0 fully saturated rings. The summed E-state index contributed by atoms with van der Waals surface area (Å²) in [5, 5.41) is 3.29. The third-order valence-electron chi connectivity index (χ3n) is 5.17. The quantitative estimate of drug-likeness (QED) is 0.334. The topological polar surface area (TPSA) is 108 Å². The zero-order valence-corrected chi connectivity index (χ0v) is 19.4. The van der Waals surface area contributed by atoms with E-state index < -0.39 is 0 Å². The molecule has 3 heterocycles. The summed E-state index contributed by atoms with van der Waals surface area (Å²) in [6.45, 7) is 4.36. The van der Waals surface area contributed by atoms with Crippen molar-refractivity contribution in [3.63, 3.8) is 0 Å². The Bertz CT molecular complexity index is 1450. The number of fused-ring (bicyclic) bond motifs is 2. The van der Waals surface area contributed by atoms with Crippen LogP contribution in [-0.4, -0.2) is 38.0 Å². The lowest BCUT2D eigenvalue weighted by atomic mass is 10.1. The number of nitrogens with one attached hydrogen (secondary N) is 1. The molecule has 0 saturated carbocycles. The Labute approximate surface area is 199 Å². The number of thioether (sulfide) groups is 1. The van der Waals surface area contributed by atoms with Crippen LogP contribution >= 0.6 is 11.8 Å². The van der Waals surface area contributed by atoms with Gasteiger partial charge in [-0.25, -0.2) is 15.0 Å². The molecule has 0 atom stereocenters. The molecular weight excluding hydrogens is 454 g/mol. The maximum atomic E-state index is 13.2. The van der Waals surface area contributed by atoms with Crippen molar-refractivity contribution in [2.24, 2.45) is 0 Å². The third-order valence-corrected chi connectivity index (χ3v) is 6.15. The van der Waals surface area contributed by atoms with E-state index in [9.17, 15) is 9.59 Å². The number of aromatic nitrogens is 4. The van der Waals surface area contributed by atoms with Crippen LogP contribution in [0.1, 0.15) is 16.7 Å². The minimum Gasteiger partial charge on any atom is -0.454 e. The molecule has 0 radical (unpaired) electrons. The van der Waals surface area contributed by atoms with Gasteiger partial charge in [-0.1, -0.05) is 23.9 Å². The van der Waals surface area contributed by atoms with Crippen molar-refractivity contribution in [3.05, 3.63) is 75.8 Å². The van der Waals surface area contributed by atoms with Crippen LogP contribution in [0, 0.1) is 13.8 Å². The molecule has 1 aliphatic rings.